The zero-order valence-corrected chi connectivity index (χ0v) is 18.6. The topological polar surface area (TPSA) is 157 Å². The zero-order valence-electron chi connectivity index (χ0n) is 17.8. The van der Waals surface area contributed by atoms with Crippen molar-refractivity contribution >= 4 is 29.2 Å². The van der Waals surface area contributed by atoms with Crippen LogP contribution in [0.5, 0.6) is 5.75 Å². The molecule has 0 aliphatic carbocycles. The van der Waals surface area contributed by atoms with Crippen LogP contribution in [0.3, 0.4) is 0 Å². The fourth-order valence-electron chi connectivity index (χ4n) is 2.86. The number of aromatic nitrogens is 5. The van der Waals surface area contributed by atoms with E-state index < -0.39 is 5.91 Å². The highest BCUT2D eigenvalue weighted by molar-refractivity contribution is 7.98. The number of carbonyl (C=O) groups is 1. The predicted molar refractivity (Wildman–Crippen MR) is 122 cm³/mol. The van der Waals surface area contributed by atoms with Gasteiger partial charge in [0.15, 0.2) is 5.69 Å². The number of aromatic hydroxyl groups is 1. The van der Waals surface area contributed by atoms with Gasteiger partial charge in [0.1, 0.15) is 5.75 Å². The standard InChI is InChI=1S/C21H20N8O3S/c1-12-3-9-16(10-4-12)33-11-17-18(24-28-29(17)20-19(22)26-32-27-20)21(31)25-23-13(2)14-5-7-15(30)8-6-14/h3-10,30H,11H2,1-2H3,(H2,22,26)(H,25,31)/b23-13-. The van der Waals surface area contributed by atoms with E-state index in [2.05, 4.69) is 35.8 Å². The molecule has 2 heterocycles. The number of nitrogen functional groups attached to an aromatic ring is 1. The number of nitrogens with zero attached hydrogens (tertiary/aromatic N) is 6. The maximum atomic E-state index is 12.9. The molecule has 0 saturated heterocycles. The van der Waals surface area contributed by atoms with Gasteiger partial charge >= 0.3 is 0 Å². The Kier molecular flexibility index (Phi) is 6.36. The molecule has 1 amide bonds. The molecule has 4 N–H and O–H groups in total. The van der Waals surface area contributed by atoms with Crippen molar-refractivity contribution in [2.75, 3.05) is 5.73 Å². The fourth-order valence-corrected chi connectivity index (χ4v) is 3.75. The van der Waals surface area contributed by atoms with E-state index in [-0.39, 0.29) is 23.1 Å². The number of hydrazone groups is 1. The van der Waals surface area contributed by atoms with Gasteiger partial charge in [-0.15, -0.1) is 16.9 Å². The van der Waals surface area contributed by atoms with Crippen LogP contribution in [0.15, 0.2) is 63.2 Å². The number of nitrogens with one attached hydrogen (secondary N) is 1. The summed E-state index contributed by atoms with van der Waals surface area (Å²) in [7, 11) is 0. The van der Waals surface area contributed by atoms with E-state index in [1.807, 2.05) is 31.2 Å². The van der Waals surface area contributed by atoms with Gasteiger partial charge < -0.3 is 10.8 Å². The lowest BCUT2D eigenvalue weighted by atomic mass is 10.1. The Morgan fingerprint density at radius 3 is 2.58 bits per heavy atom. The van der Waals surface area contributed by atoms with Crippen LogP contribution >= 0.6 is 11.8 Å². The summed E-state index contributed by atoms with van der Waals surface area (Å²) in [4.78, 5) is 13.9. The Balaban J connectivity index is 1.59. The third-order valence-electron chi connectivity index (χ3n) is 4.68. The predicted octanol–water partition coefficient (Wildman–Crippen LogP) is 2.69. The number of phenols is 1. The summed E-state index contributed by atoms with van der Waals surface area (Å²) in [5.74, 6) is 0.115. The molecule has 0 saturated carbocycles. The van der Waals surface area contributed by atoms with Gasteiger partial charge in [0.25, 0.3) is 5.91 Å². The summed E-state index contributed by atoms with van der Waals surface area (Å²) >= 11 is 1.50. The molecule has 33 heavy (non-hydrogen) atoms. The van der Waals surface area contributed by atoms with Gasteiger partial charge in [-0.3, -0.25) is 4.79 Å². The Bertz CT molecular complexity index is 1300. The lowest BCUT2D eigenvalue weighted by Crippen LogP contribution is -2.21. The SMILES string of the molecule is C/C(=N/NC(=O)c1nnn(-c2nonc2N)c1CSc1ccc(C)cc1)c1ccc(O)cc1. The minimum atomic E-state index is -0.547. The second-order valence-electron chi connectivity index (χ2n) is 7.06. The van der Waals surface area contributed by atoms with Crippen molar-refractivity contribution in [3.8, 4) is 11.6 Å². The van der Waals surface area contributed by atoms with E-state index in [4.69, 9.17) is 5.73 Å². The zero-order chi connectivity index (χ0) is 23.4. The summed E-state index contributed by atoms with van der Waals surface area (Å²) in [5.41, 5.74) is 11.3. The van der Waals surface area contributed by atoms with Crippen LogP contribution in [0, 0.1) is 6.92 Å². The number of thioether (sulfide) groups is 1. The Morgan fingerprint density at radius 2 is 1.91 bits per heavy atom. The van der Waals surface area contributed by atoms with Crippen LogP contribution in [0.1, 0.15) is 34.2 Å². The van der Waals surface area contributed by atoms with Crippen LogP contribution in [-0.4, -0.2) is 42.0 Å². The number of phenolic OH excluding ortho intramolecular Hbond substituents is 1. The molecule has 11 nitrogen and oxygen atoms in total. The highest BCUT2D eigenvalue weighted by Crippen LogP contribution is 2.26. The minimum Gasteiger partial charge on any atom is -0.508 e. The molecule has 0 bridgehead atoms. The number of aryl methyl sites for hydroxylation is 1. The van der Waals surface area contributed by atoms with E-state index in [9.17, 15) is 9.90 Å². The van der Waals surface area contributed by atoms with Crippen LogP contribution in [0.4, 0.5) is 5.82 Å². The van der Waals surface area contributed by atoms with Gasteiger partial charge in [-0.25, -0.2) is 10.1 Å². The quantitative estimate of drug-likeness (QED) is 0.212. The number of nitrogens with two attached hydrogens (primary N) is 1. The number of amides is 1. The van der Waals surface area contributed by atoms with Gasteiger partial charge in [0.05, 0.1) is 11.4 Å². The number of hydrogen-bond donors (Lipinski definition) is 3. The molecular formula is C21H20N8O3S. The Hall–Kier alpha value is -4.19. The number of rotatable bonds is 7. The van der Waals surface area contributed by atoms with E-state index in [1.165, 1.54) is 16.4 Å². The van der Waals surface area contributed by atoms with Gasteiger partial charge in [0.2, 0.25) is 11.6 Å². The molecule has 4 aromatic rings. The molecule has 0 atom stereocenters. The number of benzene rings is 2. The summed E-state index contributed by atoms with van der Waals surface area (Å²) in [6.45, 7) is 3.75. The first-order valence-electron chi connectivity index (χ1n) is 9.79. The van der Waals surface area contributed by atoms with Gasteiger partial charge in [0, 0.05) is 10.6 Å². The lowest BCUT2D eigenvalue weighted by molar-refractivity contribution is 0.0949. The van der Waals surface area contributed by atoms with E-state index >= 15 is 0 Å². The summed E-state index contributed by atoms with van der Waals surface area (Å²) in [6, 6.07) is 14.5. The smallest absolute Gasteiger partial charge is 0.293 e. The van der Waals surface area contributed by atoms with Crippen LogP contribution in [0.25, 0.3) is 5.82 Å². The first-order valence-corrected chi connectivity index (χ1v) is 10.8. The third-order valence-corrected chi connectivity index (χ3v) is 5.70. The van der Waals surface area contributed by atoms with Crippen molar-refractivity contribution < 1.29 is 14.5 Å². The molecule has 168 valence electrons. The number of anilines is 1. The highest BCUT2D eigenvalue weighted by Gasteiger charge is 2.24. The average molecular weight is 465 g/mol. The van der Waals surface area contributed by atoms with Crippen LogP contribution in [-0.2, 0) is 5.75 Å². The van der Waals surface area contributed by atoms with E-state index in [1.54, 1.807) is 31.2 Å². The summed E-state index contributed by atoms with van der Waals surface area (Å²) in [5, 5.41) is 29.0. The highest BCUT2D eigenvalue weighted by atomic mass is 32.2. The maximum Gasteiger partial charge on any atom is 0.293 e. The van der Waals surface area contributed by atoms with Crippen molar-refractivity contribution in [1.82, 2.24) is 30.7 Å². The fraction of sp³-hybridized carbons (Fsp3) is 0.143. The van der Waals surface area contributed by atoms with Crippen molar-refractivity contribution in [2.24, 2.45) is 5.10 Å². The van der Waals surface area contributed by atoms with Crippen LogP contribution < -0.4 is 11.2 Å². The molecular weight excluding hydrogens is 444 g/mol. The molecule has 0 fully saturated rings. The molecule has 12 heteroatoms. The Labute approximate surface area is 192 Å². The van der Waals surface area contributed by atoms with E-state index in [0.717, 1.165) is 16.0 Å². The lowest BCUT2D eigenvalue weighted by Gasteiger charge is -2.06. The summed E-state index contributed by atoms with van der Waals surface area (Å²) < 4.78 is 6.01. The monoisotopic (exact) mass is 464 g/mol. The van der Waals surface area contributed by atoms with Crippen molar-refractivity contribution in [3.05, 3.63) is 71.0 Å². The third kappa shape index (κ3) is 5.01. The summed E-state index contributed by atoms with van der Waals surface area (Å²) in [6.07, 6.45) is 0. The molecule has 2 aromatic carbocycles. The molecule has 4 rings (SSSR count). The normalized spacial score (nSPS) is 11.5. The molecule has 0 unspecified atom stereocenters. The molecule has 0 radical (unpaired) electrons. The second-order valence-corrected chi connectivity index (χ2v) is 8.11. The molecule has 0 aliphatic rings. The Morgan fingerprint density at radius 1 is 1.18 bits per heavy atom. The van der Waals surface area contributed by atoms with Gasteiger partial charge in [-0.05, 0) is 66.1 Å². The number of hydrogen-bond acceptors (Lipinski definition) is 10. The van der Waals surface area contributed by atoms with Crippen molar-refractivity contribution in [2.45, 2.75) is 24.5 Å². The minimum absolute atomic E-state index is 0.0228. The largest absolute Gasteiger partial charge is 0.508 e. The second kappa shape index (κ2) is 9.53. The van der Waals surface area contributed by atoms with Crippen molar-refractivity contribution in [3.63, 3.8) is 0 Å². The molecule has 2 aromatic heterocycles. The van der Waals surface area contributed by atoms with E-state index in [0.29, 0.717) is 17.2 Å². The number of carbonyl (C=O) groups excluding carboxylic acids is 1. The van der Waals surface area contributed by atoms with Gasteiger partial charge in [-0.1, -0.05) is 22.9 Å². The average Bonchev–Trinajstić information content (AvgIpc) is 3.43. The van der Waals surface area contributed by atoms with Crippen molar-refractivity contribution in [1.29, 1.82) is 0 Å². The molecule has 0 spiro atoms. The first-order chi connectivity index (χ1) is 15.9. The van der Waals surface area contributed by atoms with Crippen LogP contribution in [0.2, 0.25) is 0 Å². The molecule has 0 aliphatic heterocycles. The maximum absolute atomic E-state index is 12.9. The first kappa shape index (κ1) is 22.0. The van der Waals surface area contributed by atoms with Gasteiger partial charge in [-0.2, -0.15) is 9.78 Å².